The molecule has 0 unspecified atom stereocenters. The van der Waals surface area contributed by atoms with Crippen molar-refractivity contribution < 1.29 is 14.6 Å². The summed E-state index contributed by atoms with van der Waals surface area (Å²) in [6.07, 6.45) is -0.642. The fraction of sp³-hybridized carbons (Fsp3) is 0.455. The molecule has 0 bridgehead atoms. The van der Waals surface area contributed by atoms with Gasteiger partial charge in [0.1, 0.15) is 12.2 Å². The van der Waals surface area contributed by atoms with E-state index in [4.69, 9.17) is 9.47 Å². The van der Waals surface area contributed by atoms with Crippen LogP contribution in [0.4, 0.5) is 0 Å². The van der Waals surface area contributed by atoms with E-state index in [9.17, 15) is 5.11 Å². The monoisotopic (exact) mass is 209 g/mol. The Balaban J connectivity index is 2.09. The molecule has 4 heteroatoms. The lowest BCUT2D eigenvalue weighted by Gasteiger charge is -2.17. The van der Waals surface area contributed by atoms with E-state index in [2.05, 4.69) is 5.32 Å². The van der Waals surface area contributed by atoms with Crippen molar-refractivity contribution in [1.29, 1.82) is 0 Å². The molecule has 1 heterocycles. The Morgan fingerprint density at radius 1 is 1.27 bits per heavy atom. The number of β-amino-alcohol motifs (C(OH)–C–C–N with tert-alkyl or cyclic N) is 1. The molecule has 0 amide bonds. The zero-order valence-corrected chi connectivity index (χ0v) is 8.64. The molecule has 1 fully saturated rings. The van der Waals surface area contributed by atoms with Crippen LogP contribution in [-0.4, -0.2) is 37.5 Å². The molecule has 1 aromatic carbocycles. The second-order valence-corrected chi connectivity index (χ2v) is 3.53. The fourth-order valence-electron chi connectivity index (χ4n) is 1.64. The lowest BCUT2D eigenvalue weighted by Crippen LogP contribution is -2.29. The smallest absolute Gasteiger partial charge is 0.161 e. The summed E-state index contributed by atoms with van der Waals surface area (Å²) in [6.45, 7) is 1.25. The van der Waals surface area contributed by atoms with E-state index in [1.54, 1.807) is 7.11 Å². The van der Waals surface area contributed by atoms with Crippen molar-refractivity contribution >= 4 is 0 Å². The van der Waals surface area contributed by atoms with Crippen LogP contribution in [0.25, 0.3) is 0 Å². The van der Waals surface area contributed by atoms with Crippen LogP contribution in [0.1, 0.15) is 0 Å². The molecule has 15 heavy (non-hydrogen) atoms. The van der Waals surface area contributed by atoms with Crippen molar-refractivity contribution in [2.24, 2.45) is 0 Å². The third-order valence-electron chi connectivity index (χ3n) is 2.48. The summed E-state index contributed by atoms with van der Waals surface area (Å²) in [7, 11) is 1.60. The second-order valence-electron chi connectivity index (χ2n) is 3.53. The minimum absolute atomic E-state index is 0.193. The SMILES string of the molecule is COc1ccccc1O[C@@H]1CNC[C@H]1O. The van der Waals surface area contributed by atoms with E-state index in [1.165, 1.54) is 0 Å². The van der Waals surface area contributed by atoms with Gasteiger partial charge in [0.05, 0.1) is 7.11 Å². The summed E-state index contributed by atoms with van der Waals surface area (Å²) >= 11 is 0. The van der Waals surface area contributed by atoms with Gasteiger partial charge in [0.15, 0.2) is 11.5 Å². The van der Waals surface area contributed by atoms with Crippen molar-refractivity contribution in [1.82, 2.24) is 5.32 Å². The molecule has 0 aromatic heterocycles. The lowest BCUT2D eigenvalue weighted by atomic mass is 10.2. The average molecular weight is 209 g/mol. The Morgan fingerprint density at radius 3 is 2.60 bits per heavy atom. The molecule has 2 rings (SSSR count). The summed E-state index contributed by atoms with van der Waals surface area (Å²) in [5, 5.41) is 12.6. The first-order valence-electron chi connectivity index (χ1n) is 4.99. The zero-order chi connectivity index (χ0) is 10.7. The number of para-hydroxylation sites is 2. The van der Waals surface area contributed by atoms with Gasteiger partial charge in [-0.3, -0.25) is 0 Å². The Labute approximate surface area is 88.8 Å². The third-order valence-corrected chi connectivity index (χ3v) is 2.48. The first-order valence-corrected chi connectivity index (χ1v) is 4.99. The minimum atomic E-state index is -0.449. The van der Waals surface area contributed by atoms with Gasteiger partial charge < -0.3 is 19.9 Å². The number of aliphatic hydroxyl groups excluding tert-OH is 1. The molecule has 0 saturated carbocycles. The highest BCUT2D eigenvalue weighted by Gasteiger charge is 2.27. The first kappa shape index (κ1) is 10.3. The highest BCUT2D eigenvalue weighted by Crippen LogP contribution is 2.27. The van der Waals surface area contributed by atoms with E-state index in [0.29, 0.717) is 24.6 Å². The van der Waals surface area contributed by atoms with Crippen molar-refractivity contribution in [2.75, 3.05) is 20.2 Å². The fourth-order valence-corrected chi connectivity index (χ4v) is 1.64. The van der Waals surface area contributed by atoms with Gasteiger partial charge in [-0.05, 0) is 12.1 Å². The summed E-state index contributed by atoms with van der Waals surface area (Å²) in [5.41, 5.74) is 0. The number of rotatable bonds is 3. The first-order chi connectivity index (χ1) is 7.31. The van der Waals surface area contributed by atoms with Crippen LogP contribution in [0.15, 0.2) is 24.3 Å². The van der Waals surface area contributed by atoms with Gasteiger partial charge in [0.2, 0.25) is 0 Å². The molecule has 1 aromatic rings. The molecule has 4 nitrogen and oxygen atoms in total. The maximum Gasteiger partial charge on any atom is 0.161 e. The predicted molar refractivity (Wildman–Crippen MR) is 56.3 cm³/mol. The van der Waals surface area contributed by atoms with Crippen molar-refractivity contribution in [2.45, 2.75) is 12.2 Å². The Kier molecular flexibility index (Phi) is 3.08. The molecule has 0 spiro atoms. The predicted octanol–water partition coefficient (Wildman–Crippen LogP) is 0.407. The molecule has 1 aliphatic heterocycles. The van der Waals surface area contributed by atoms with E-state index in [0.717, 1.165) is 0 Å². The molecule has 1 aliphatic rings. The number of hydrogen-bond donors (Lipinski definition) is 2. The number of methoxy groups -OCH3 is 1. The zero-order valence-electron chi connectivity index (χ0n) is 8.64. The van der Waals surface area contributed by atoms with E-state index < -0.39 is 6.10 Å². The third kappa shape index (κ3) is 2.22. The summed E-state index contributed by atoms with van der Waals surface area (Å²) in [4.78, 5) is 0. The van der Waals surface area contributed by atoms with Crippen LogP contribution < -0.4 is 14.8 Å². The van der Waals surface area contributed by atoms with Crippen LogP contribution in [0.3, 0.4) is 0 Å². The standard InChI is InChI=1S/C11H15NO3/c1-14-9-4-2-3-5-10(9)15-11-7-12-6-8(11)13/h2-5,8,11-13H,6-7H2,1H3/t8-,11-/m1/s1. The van der Waals surface area contributed by atoms with Crippen LogP contribution in [0, 0.1) is 0 Å². The van der Waals surface area contributed by atoms with Crippen molar-refractivity contribution in [3.05, 3.63) is 24.3 Å². The van der Waals surface area contributed by atoms with Crippen LogP contribution in [-0.2, 0) is 0 Å². The normalized spacial score (nSPS) is 25.2. The molecule has 1 saturated heterocycles. The lowest BCUT2D eigenvalue weighted by molar-refractivity contribution is 0.0718. The molecule has 2 atom stereocenters. The molecule has 82 valence electrons. The Bertz CT molecular complexity index is 329. The number of hydrogen-bond acceptors (Lipinski definition) is 4. The number of benzene rings is 1. The second kappa shape index (κ2) is 4.51. The van der Waals surface area contributed by atoms with Gasteiger partial charge in [-0.2, -0.15) is 0 Å². The molecular weight excluding hydrogens is 194 g/mol. The number of ether oxygens (including phenoxy) is 2. The van der Waals surface area contributed by atoms with Gasteiger partial charge in [0, 0.05) is 13.1 Å². The maximum atomic E-state index is 9.59. The highest BCUT2D eigenvalue weighted by molar-refractivity contribution is 5.39. The van der Waals surface area contributed by atoms with Crippen molar-refractivity contribution in [3.8, 4) is 11.5 Å². The molecule has 0 radical (unpaired) electrons. The molecule has 2 N–H and O–H groups in total. The Hall–Kier alpha value is -1.26. The van der Waals surface area contributed by atoms with Gasteiger partial charge >= 0.3 is 0 Å². The summed E-state index contributed by atoms with van der Waals surface area (Å²) in [6, 6.07) is 7.44. The van der Waals surface area contributed by atoms with Gasteiger partial charge in [-0.15, -0.1) is 0 Å². The summed E-state index contributed by atoms with van der Waals surface area (Å²) < 4.78 is 10.8. The van der Waals surface area contributed by atoms with E-state index in [-0.39, 0.29) is 6.10 Å². The summed E-state index contributed by atoms with van der Waals surface area (Å²) in [5.74, 6) is 1.37. The van der Waals surface area contributed by atoms with Crippen LogP contribution in [0.5, 0.6) is 11.5 Å². The van der Waals surface area contributed by atoms with Gasteiger partial charge in [-0.25, -0.2) is 0 Å². The number of nitrogens with one attached hydrogen (secondary N) is 1. The largest absolute Gasteiger partial charge is 0.493 e. The van der Waals surface area contributed by atoms with Crippen LogP contribution in [0.2, 0.25) is 0 Å². The molecule has 0 aliphatic carbocycles. The maximum absolute atomic E-state index is 9.59. The quantitative estimate of drug-likeness (QED) is 0.757. The van der Waals surface area contributed by atoms with E-state index in [1.807, 2.05) is 24.3 Å². The Morgan fingerprint density at radius 2 is 2.00 bits per heavy atom. The van der Waals surface area contributed by atoms with E-state index >= 15 is 0 Å². The topological polar surface area (TPSA) is 50.7 Å². The van der Waals surface area contributed by atoms with Crippen LogP contribution >= 0.6 is 0 Å². The van der Waals surface area contributed by atoms with Gasteiger partial charge in [-0.1, -0.05) is 12.1 Å². The highest BCUT2D eigenvalue weighted by atomic mass is 16.5. The molecular formula is C11H15NO3. The van der Waals surface area contributed by atoms with Crippen molar-refractivity contribution in [3.63, 3.8) is 0 Å². The number of aliphatic hydroxyl groups is 1. The average Bonchev–Trinajstić information content (AvgIpc) is 2.65. The van der Waals surface area contributed by atoms with Gasteiger partial charge in [0.25, 0.3) is 0 Å². The minimum Gasteiger partial charge on any atom is -0.493 e.